The molecular formula is C26H33F2NO6S. The lowest BCUT2D eigenvalue weighted by Gasteiger charge is -2.63. The molecule has 0 bridgehead atoms. The van der Waals surface area contributed by atoms with E-state index >= 15 is 8.78 Å². The molecule has 0 radical (unpaired) electrons. The topological polar surface area (TPSA) is 93.1 Å². The van der Waals surface area contributed by atoms with E-state index in [-0.39, 0.29) is 24.8 Å². The molecule has 9 atom stereocenters. The highest BCUT2D eigenvalue weighted by molar-refractivity contribution is 8.26. The maximum Gasteiger partial charge on any atom is 0.288 e. The molecule has 4 fully saturated rings. The lowest BCUT2D eigenvalue weighted by Crippen LogP contribution is -2.70. The molecule has 0 aromatic heterocycles. The van der Waals surface area contributed by atoms with Gasteiger partial charge in [0.15, 0.2) is 22.8 Å². The van der Waals surface area contributed by atoms with Crippen LogP contribution in [-0.4, -0.2) is 75.7 Å². The van der Waals surface area contributed by atoms with Gasteiger partial charge in [-0.1, -0.05) is 13.0 Å². The van der Waals surface area contributed by atoms with E-state index in [0.717, 1.165) is 6.08 Å². The standard InChI is InChI=1S/C26H33F2NO6S/c1-22(2)34-19-11-14-15-10-17(27)16-9-13(30)7-8-23(16,3)25(15,28)18(31)12-24(14,4)26(19,35-22)20(32)36-21(33)29(5)6/h7-9,14-15,17-19,31H,10-12H2,1-6H3/t14?,15?,17-,18?,19?,23?,24?,25-,26?/m0/s1. The normalized spacial score (nSPS) is 48.4. The number of fused-ring (bicyclic) bond motifs is 7. The highest BCUT2D eigenvalue weighted by Gasteiger charge is 2.81. The largest absolute Gasteiger partial charge is 0.390 e. The average Bonchev–Trinajstić information content (AvgIpc) is 3.18. The average molecular weight is 526 g/mol. The number of carbonyl (C=O) groups excluding carboxylic acids is 3. The van der Waals surface area contributed by atoms with Crippen molar-refractivity contribution in [2.75, 3.05) is 14.1 Å². The minimum absolute atomic E-state index is 0.0427. The van der Waals surface area contributed by atoms with Crippen LogP contribution in [0.2, 0.25) is 0 Å². The number of amides is 1. The molecule has 7 unspecified atom stereocenters. The summed E-state index contributed by atoms with van der Waals surface area (Å²) in [6.45, 7) is 6.65. The van der Waals surface area contributed by atoms with E-state index in [2.05, 4.69) is 0 Å². The van der Waals surface area contributed by atoms with Crippen molar-refractivity contribution in [3.8, 4) is 0 Å². The molecule has 0 aromatic carbocycles. The molecule has 3 saturated carbocycles. The number of aliphatic hydroxyl groups is 1. The van der Waals surface area contributed by atoms with Gasteiger partial charge in [-0.15, -0.1) is 0 Å². The summed E-state index contributed by atoms with van der Waals surface area (Å²) >= 11 is 0.511. The second kappa shape index (κ2) is 7.71. The first-order valence-electron chi connectivity index (χ1n) is 12.3. The molecule has 0 spiro atoms. The van der Waals surface area contributed by atoms with Crippen LogP contribution in [-0.2, 0) is 19.1 Å². The molecular weight excluding hydrogens is 492 g/mol. The lowest BCUT2D eigenvalue weighted by molar-refractivity contribution is -0.246. The fourth-order valence-corrected chi connectivity index (χ4v) is 8.80. The van der Waals surface area contributed by atoms with Gasteiger partial charge in [-0.3, -0.25) is 14.4 Å². The predicted octanol–water partition coefficient (Wildman–Crippen LogP) is 3.75. The van der Waals surface area contributed by atoms with Crippen LogP contribution >= 0.6 is 11.8 Å². The number of halogens is 2. The number of ether oxygens (including phenoxy) is 2. The van der Waals surface area contributed by atoms with Crippen molar-refractivity contribution in [2.24, 2.45) is 22.7 Å². The number of alkyl halides is 2. The maximum absolute atomic E-state index is 17.4. The van der Waals surface area contributed by atoms with Gasteiger partial charge in [-0.2, -0.15) is 0 Å². The van der Waals surface area contributed by atoms with Gasteiger partial charge in [0.05, 0.1) is 12.2 Å². The third-order valence-corrected chi connectivity index (χ3v) is 10.5. The van der Waals surface area contributed by atoms with Crippen LogP contribution in [0.1, 0.15) is 47.0 Å². The van der Waals surface area contributed by atoms with Gasteiger partial charge in [0, 0.05) is 42.6 Å². The summed E-state index contributed by atoms with van der Waals surface area (Å²) in [5, 5.41) is 10.5. The molecule has 5 aliphatic rings. The number of ketones is 1. The van der Waals surface area contributed by atoms with Crippen molar-refractivity contribution in [3.05, 3.63) is 23.8 Å². The molecule has 36 heavy (non-hydrogen) atoms. The maximum atomic E-state index is 17.4. The summed E-state index contributed by atoms with van der Waals surface area (Å²) in [4.78, 5) is 39.7. The van der Waals surface area contributed by atoms with E-state index in [4.69, 9.17) is 9.47 Å². The number of thioether (sulfide) groups is 1. The van der Waals surface area contributed by atoms with Gasteiger partial charge in [-0.25, -0.2) is 8.78 Å². The molecule has 1 amide bonds. The minimum atomic E-state index is -2.27. The Hall–Kier alpha value is -1.62. The van der Waals surface area contributed by atoms with Crippen molar-refractivity contribution < 1.29 is 37.7 Å². The van der Waals surface area contributed by atoms with Crippen molar-refractivity contribution in [2.45, 2.75) is 82.4 Å². The molecule has 198 valence electrons. The number of carbonyl (C=O) groups is 3. The van der Waals surface area contributed by atoms with Gasteiger partial charge in [0.1, 0.15) is 6.17 Å². The van der Waals surface area contributed by atoms with E-state index < -0.39 is 74.2 Å². The quantitative estimate of drug-likeness (QED) is 0.557. The second-order valence-corrected chi connectivity index (χ2v) is 12.9. The third kappa shape index (κ3) is 3.04. The Kier molecular flexibility index (Phi) is 5.57. The Bertz CT molecular complexity index is 1110. The Morgan fingerprint density at radius 2 is 1.83 bits per heavy atom. The number of hydrogen-bond acceptors (Lipinski definition) is 7. The van der Waals surface area contributed by atoms with Gasteiger partial charge in [0.2, 0.25) is 5.12 Å². The zero-order chi connectivity index (χ0) is 26.6. The van der Waals surface area contributed by atoms with Crippen LogP contribution in [0.3, 0.4) is 0 Å². The highest BCUT2D eigenvalue weighted by Crippen LogP contribution is 2.73. The zero-order valence-electron chi connectivity index (χ0n) is 21.3. The molecule has 1 saturated heterocycles. The number of allylic oxidation sites excluding steroid dienone is 4. The third-order valence-electron chi connectivity index (χ3n) is 9.47. The minimum Gasteiger partial charge on any atom is -0.390 e. The fraction of sp³-hybridized carbons (Fsp3) is 0.731. The van der Waals surface area contributed by atoms with Crippen LogP contribution in [0, 0.1) is 22.7 Å². The molecule has 1 heterocycles. The second-order valence-electron chi connectivity index (χ2n) is 12.0. The summed E-state index contributed by atoms with van der Waals surface area (Å²) in [7, 11) is 3.07. The van der Waals surface area contributed by atoms with Crippen molar-refractivity contribution in [1.29, 1.82) is 0 Å². The zero-order valence-corrected chi connectivity index (χ0v) is 22.2. The number of nitrogens with zero attached hydrogens (tertiary/aromatic N) is 1. The number of hydrogen-bond donors (Lipinski definition) is 1. The Morgan fingerprint density at radius 3 is 2.47 bits per heavy atom. The van der Waals surface area contributed by atoms with Gasteiger partial charge >= 0.3 is 0 Å². The molecule has 7 nitrogen and oxygen atoms in total. The monoisotopic (exact) mass is 525 g/mol. The predicted molar refractivity (Wildman–Crippen MR) is 128 cm³/mol. The van der Waals surface area contributed by atoms with Crippen molar-refractivity contribution >= 4 is 27.9 Å². The highest BCUT2D eigenvalue weighted by atomic mass is 32.2. The van der Waals surface area contributed by atoms with Gasteiger partial charge < -0.3 is 19.5 Å². The molecule has 1 aliphatic heterocycles. The first-order valence-corrected chi connectivity index (χ1v) is 13.1. The smallest absolute Gasteiger partial charge is 0.288 e. The molecule has 4 aliphatic carbocycles. The van der Waals surface area contributed by atoms with E-state index in [1.165, 1.54) is 38.1 Å². The van der Waals surface area contributed by atoms with Crippen LogP contribution in [0.5, 0.6) is 0 Å². The molecule has 1 N–H and O–H groups in total. The van der Waals surface area contributed by atoms with E-state index in [0.29, 0.717) is 11.8 Å². The summed E-state index contributed by atoms with van der Waals surface area (Å²) in [5.41, 5.74) is -6.50. The van der Waals surface area contributed by atoms with E-state index in [1.807, 2.05) is 0 Å². The summed E-state index contributed by atoms with van der Waals surface area (Å²) in [6, 6.07) is 0. The Morgan fingerprint density at radius 1 is 1.17 bits per heavy atom. The van der Waals surface area contributed by atoms with E-state index in [9.17, 15) is 19.5 Å². The summed E-state index contributed by atoms with van der Waals surface area (Å²) in [6.07, 6.45) is -0.356. The van der Waals surface area contributed by atoms with Crippen molar-refractivity contribution in [3.63, 3.8) is 0 Å². The van der Waals surface area contributed by atoms with Crippen LogP contribution in [0.4, 0.5) is 13.6 Å². The first kappa shape index (κ1) is 26.0. The summed E-state index contributed by atoms with van der Waals surface area (Å²) in [5.74, 6) is -3.10. The van der Waals surface area contributed by atoms with Crippen LogP contribution in [0.25, 0.3) is 0 Å². The molecule has 10 heteroatoms. The van der Waals surface area contributed by atoms with Crippen LogP contribution in [0.15, 0.2) is 23.8 Å². The molecule has 0 aromatic rings. The Labute approximate surface area is 213 Å². The number of aliphatic hydroxyl groups excluding tert-OH is 1. The van der Waals surface area contributed by atoms with Gasteiger partial charge in [-0.05, 0) is 63.7 Å². The SMILES string of the molecule is CN(C)C(=O)SC(=O)C12OC(C)(C)OC1CC1C3C[C@H](F)C4=CC(=O)C=CC4(C)[C@@]3(F)C(O)CC12C. The summed E-state index contributed by atoms with van der Waals surface area (Å²) < 4.78 is 45.5. The van der Waals surface area contributed by atoms with Crippen molar-refractivity contribution in [1.82, 2.24) is 4.90 Å². The molecule has 5 rings (SSSR count). The Balaban J connectivity index is 1.62. The number of rotatable bonds is 1. The lowest BCUT2D eigenvalue weighted by atomic mass is 9.44. The van der Waals surface area contributed by atoms with E-state index in [1.54, 1.807) is 20.8 Å². The van der Waals surface area contributed by atoms with Gasteiger partial charge in [0.25, 0.3) is 5.24 Å². The first-order chi connectivity index (χ1) is 16.5. The fourth-order valence-electron chi connectivity index (χ4n) is 7.90. The van der Waals surface area contributed by atoms with Crippen LogP contribution < -0.4 is 0 Å².